The lowest BCUT2D eigenvalue weighted by Crippen LogP contribution is -2.26. The lowest BCUT2D eigenvalue weighted by Gasteiger charge is -2.12. The summed E-state index contributed by atoms with van der Waals surface area (Å²) in [4.78, 5) is 17.5. The highest BCUT2D eigenvalue weighted by atomic mass is 35.5. The number of halogens is 1. The van der Waals surface area contributed by atoms with Crippen LogP contribution in [0.2, 0.25) is 5.02 Å². The largest absolute Gasteiger partial charge is 0.494 e. The summed E-state index contributed by atoms with van der Waals surface area (Å²) >= 11 is 6.10. The van der Waals surface area contributed by atoms with Crippen LogP contribution in [-0.2, 0) is 13.0 Å². The Hall–Kier alpha value is -3.71. The van der Waals surface area contributed by atoms with E-state index in [0.29, 0.717) is 36.6 Å². The lowest BCUT2D eigenvalue weighted by molar-refractivity contribution is 0.0953. The molecule has 188 valence electrons. The van der Waals surface area contributed by atoms with E-state index >= 15 is 0 Å². The first-order valence-corrected chi connectivity index (χ1v) is 12.2. The van der Waals surface area contributed by atoms with Crippen LogP contribution in [0.3, 0.4) is 0 Å². The molecule has 1 N–H and O–H groups in total. The Morgan fingerprint density at radius 1 is 1.03 bits per heavy atom. The van der Waals surface area contributed by atoms with E-state index in [1.165, 1.54) is 0 Å². The zero-order valence-electron chi connectivity index (χ0n) is 20.7. The Kier molecular flexibility index (Phi) is 8.33. The SMILES string of the molecule is COc1ccc(C(=O)NCCc2nc3ccccc3n2CCCOc2ccc(Cl)c(C)c2)cc1OC. The van der Waals surface area contributed by atoms with Crippen LogP contribution in [0.4, 0.5) is 0 Å². The third-order valence-electron chi connectivity index (χ3n) is 5.94. The molecule has 0 saturated heterocycles. The van der Waals surface area contributed by atoms with Gasteiger partial charge in [-0.15, -0.1) is 0 Å². The van der Waals surface area contributed by atoms with Gasteiger partial charge in [0.15, 0.2) is 11.5 Å². The van der Waals surface area contributed by atoms with Gasteiger partial charge in [-0.2, -0.15) is 0 Å². The number of fused-ring (bicyclic) bond motifs is 1. The molecule has 1 heterocycles. The topological polar surface area (TPSA) is 74.6 Å². The van der Waals surface area contributed by atoms with Crippen molar-refractivity contribution in [2.45, 2.75) is 26.3 Å². The average molecular weight is 508 g/mol. The number of carbonyl (C=O) groups is 1. The van der Waals surface area contributed by atoms with E-state index in [2.05, 4.69) is 16.0 Å². The highest BCUT2D eigenvalue weighted by Crippen LogP contribution is 2.27. The summed E-state index contributed by atoms with van der Waals surface area (Å²) in [5.74, 6) is 2.66. The maximum atomic E-state index is 12.7. The van der Waals surface area contributed by atoms with Crippen molar-refractivity contribution in [2.24, 2.45) is 0 Å². The van der Waals surface area contributed by atoms with E-state index in [-0.39, 0.29) is 5.91 Å². The van der Waals surface area contributed by atoms with E-state index in [9.17, 15) is 4.79 Å². The molecule has 0 radical (unpaired) electrons. The van der Waals surface area contributed by atoms with Crippen molar-refractivity contribution >= 4 is 28.5 Å². The Labute approximate surface area is 216 Å². The second-order valence-corrected chi connectivity index (χ2v) is 8.76. The molecule has 8 heteroatoms. The summed E-state index contributed by atoms with van der Waals surface area (Å²) in [7, 11) is 3.11. The fourth-order valence-electron chi connectivity index (χ4n) is 4.05. The molecule has 1 aromatic heterocycles. The molecule has 0 aliphatic rings. The smallest absolute Gasteiger partial charge is 0.251 e. The van der Waals surface area contributed by atoms with Crippen molar-refractivity contribution in [3.63, 3.8) is 0 Å². The van der Waals surface area contributed by atoms with Gasteiger partial charge in [-0.05, 0) is 67.4 Å². The molecule has 0 aliphatic heterocycles. The first kappa shape index (κ1) is 25.4. The summed E-state index contributed by atoms with van der Waals surface area (Å²) in [5, 5.41) is 3.71. The number of methoxy groups -OCH3 is 2. The van der Waals surface area contributed by atoms with E-state index in [0.717, 1.165) is 46.2 Å². The number of benzene rings is 3. The minimum atomic E-state index is -0.176. The highest BCUT2D eigenvalue weighted by Gasteiger charge is 2.13. The van der Waals surface area contributed by atoms with Crippen LogP contribution in [0.1, 0.15) is 28.2 Å². The van der Waals surface area contributed by atoms with Gasteiger partial charge >= 0.3 is 0 Å². The molecule has 0 saturated carbocycles. The van der Waals surface area contributed by atoms with Crippen LogP contribution in [0, 0.1) is 6.92 Å². The summed E-state index contributed by atoms with van der Waals surface area (Å²) in [6.07, 6.45) is 1.41. The second-order valence-electron chi connectivity index (χ2n) is 8.36. The Morgan fingerprint density at radius 2 is 1.83 bits per heavy atom. The van der Waals surface area contributed by atoms with Gasteiger partial charge in [0.25, 0.3) is 5.91 Å². The number of rotatable bonds is 11. The number of para-hydroxylation sites is 2. The summed E-state index contributed by atoms with van der Waals surface area (Å²) in [5.41, 5.74) is 3.51. The highest BCUT2D eigenvalue weighted by molar-refractivity contribution is 6.31. The molecular formula is C28H30ClN3O4. The number of amides is 1. The predicted octanol–water partition coefficient (Wildman–Crippen LogP) is 5.46. The fourth-order valence-corrected chi connectivity index (χ4v) is 4.17. The average Bonchev–Trinajstić information content (AvgIpc) is 3.25. The third kappa shape index (κ3) is 5.91. The molecule has 0 unspecified atom stereocenters. The van der Waals surface area contributed by atoms with Crippen LogP contribution in [0.5, 0.6) is 17.2 Å². The van der Waals surface area contributed by atoms with E-state index < -0.39 is 0 Å². The first-order chi connectivity index (χ1) is 17.5. The number of imidazole rings is 1. The second kappa shape index (κ2) is 11.8. The van der Waals surface area contributed by atoms with E-state index in [4.69, 9.17) is 30.8 Å². The van der Waals surface area contributed by atoms with Crippen LogP contribution in [0.25, 0.3) is 11.0 Å². The monoisotopic (exact) mass is 507 g/mol. The number of nitrogens with one attached hydrogen (secondary N) is 1. The van der Waals surface area contributed by atoms with E-state index in [1.807, 2.05) is 43.3 Å². The van der Waals surface area contributed by atoms with Crippen LogP contribution in [0.15, 0.2) is 60.7 Å². The number of hydrogen-bond donors (Lipinski definition) is 1. The van der Waals surface area contributed by atoms with Crippen molar-refractivity contribution in [2.75, 3.05) is 27.4 Å². The molecule has 7 nitrogen and oxygen atoms in total. The molecule has 0 fully saturated rings. The lowest BCUT2D eigenvalue weighted by atomic mass is 10.2. The predicted molar refractivity (Wildman–Crippen MR) is 142 cm³/mol. The number of hydrogen-bond acceptors (Lipinski definition) is 5. The number of aromatic nitrogens is 2. The van der Waals surface area contributed by atoms with Crippen molar-refractivity contribution in [1.82, 2.24) is 14.9 Å². The fraction of sp³-hybridized carbons (Fsp3) is 0.286. The molecular weight excluding hydrogens is 478 g/mol. The zero-order valence-corrected chi connectivity index (χ0v) is 21.5. The summed E-state index contributed by atoms with van der Waals surface area (Å²) in [6, 6.07) is 18.9. The molecule has 0 aliphatic carbocycles. The van der Waals surface area contributed by atoms with Gasteiger partial charge in [0.2, 0.25) is 0 Å². The minimum Gasteiger partial charge on any atom is -0.494 e. The Balaban J connectivity index is 1.38. The van der Waals surface area contributed by atoms with Gasteiger partial charge in [0.05, 0.1) is 31.9 Å². The Morgan fingerprint density at radius 3 is 2.61 bits per heavy atom. The first-order valence-electron chi connectivity index (χ1n) is 11.8. The molecule has 0 atom stereocenters. The zero-order chi connectivity index (χ0) is 25.5. The number of aryl methyl sites for hydroxylation is 2. The van der Waals surface area contributed by atoms with Gasteiger partial charge < -0.3 is 24.1 Å². The standard InChI is InChI=1S/C28H30ClN3O4/c1-19-17-21(10-11-22(19)29)36-16-6-15-32-24-8-5-4-7-23(24)31-27(32)13-14-30-28(33)20-9-12-25(34-2)26(18-20)35-3/h4-5,7-12,17-18H,6,13-16H2,1-3H3,(H,30,33). The van der Waals surface area contributed by atoms with Crippen LogP contribution in [-0.4, -0.2) is 42.8 Å². The molecule has 0 spiro atoms. The van der Waals surface area contributed by atoms with Gasteiger partial charge in [0, 0.05) is 30.1 Å². The maximum absolute atomic E-state index is 12.7. The van der Waals surface area contributed by atoms with Crippen LogP contribution < -0.4 is 19.5 Å². The van der Waals surface area contributed by atoms with Crippen molar-refractivity contribution in [3.05, 3.63) is 82.6 Å². The van der Waals surface area contributed by atoms with Crippen molar-refractivity contribution < 1.29 is 19.0 Å². The number of carbonyl (C=O) groups excluding carboxylic acids is 1. The molecule has 4 aromatic rings. The van der Waals surface area contributed by atoms with Gasteiger partial charge in [0.1, 0.15) is 11.6 Å². The molecule has 3 aromatic carbocycles. The molecule has 1 amide bonds. The summed E-state index contributed by atoms with van der Waals surface area (Å²) < 4.78 is 18.7. The van der Waals surface area contributed by atoms with E-state index in [1.54, 1.807) is 32.4 Å². The van der Waals surface area contributed by atoms with Gasteiger partial charge in [-0.3, -0.25) is 4.79 Å². The third-order valence-corrected chi connectivity index (χ3v) is 6.36. The Bertz CT molecular complexity index is 1350. The van der Waals surface area contributed by atoms with Gasteiger partial charge in [-0.25, -0.2) is 4.98 Å². The van der Waals surface area contributed by atoms with Crippen molar-refractivity contribution in [1.29, 1.82) is 0 Å². The molecule has 0 bridgehead atoms. The van der Waals surface area contributed by atoms with Crippen molar-refractivity contribution in [3.8, 4) is 17.2 Å². The maximum Gasteiger partial charge on any atom is 0.251 e. The quantitative estimate of drug-likeness (QED) is 0.273. The summed E-state index contributed by atoms with van der Waals surface area (Å²) in [6.45, 7) is 3.75. The number of ether oxygens (including phenoxy) is 3. The minimum absolute atomic E-state index is 0.176. The normalized spacial score (nSPS) is 10.9. The molecule has 4 rings (SSSR count). The number of nitrogens with zero attached hydrogens (tertiary/aromatic N) is 2. The molecule has 36 heavy (non-hydrogen) atoms. The van der Waals surface area contributed by atoms with Gasteiger partial charge in [-0.1, -0.05) is 23.7 Å². The van der Waals surface area contributed by atoms with Crippen LogP contribution >= 0.6 is 11.6 Å².